The molecule has 0 N–H and O–H groups in total. The van der Waals surface area contributed by atoms with E-state index >= 15 is 0 Å². The number of nitrogens with zero attached hydrogens (tertiary/aromatic N) is 1. The molecular weight excluding hydrogens is 583 g/mol. The van der Waals surface area contributed by atoms with E-state index in [-0.39, 0.29) is 24.3 Å². The zero-order valence-corrected chi connectivity index (χ0v) is 25.3. The summed E-state index contributed by atoms with van der Waals surface area (Å²) in [5, 5.41) is 2.93. The lowest BCUT2D eigenvalue weighted by atomic mass is 9.84. The molecule has 0 bridgehead atoms. The number of aryl methyl sites for hydroxylation is 1. The van der Waals surface area contributed by atoms with E-state index in [1.807, 2.05) is 12.1 Å². The Morgan fingerprint density at radius 1 is 0.911 bits per heavy atom. The number of hydrogen-bond donors (Lipinski definition) is 0. The molecule has 1 unspecified atom stereocenters. The molecule has 9 heteroatoms. The number of rotatable bonds is 9. The van der Waals surface area contributed by atoms with Crippen molar-refractivity contribution in [1.29, 1.82) is 0 Å². The van der Waals surface area contributed by atoms with Gasteiger partial charge in [-0.15, -0.1) is 0 Å². The van der Waals surface area contributed by atoms with E-state index < -0.39 is 29.4 Å². The van der Waals surface area contributed by atoms with Gasteiger partial charge in [0.1, 0.15) is 18.9 Å². The van der Waals surface area contributed by atoms with Gasteiger partial charge in [0.05, 0.1) is 17.8 Å². The summed E-state index contributed by atoms with van der Waals surface area (Å²) in [4.78, 5) is 24.7. The molecule has 45 heavy (non-hydrogen) atoms. The second-order valence-corrected chi connectivity index (χ2v) is 11.9. The number of nitroso groups, excluding NO2 is 1. The van der Waals surface area contributed by atoms with Crippen LogP contribution in [0.2, 0.25) is 0 Å². The van der Waals surface area contributed by atoms with Gasteiger partial charge in [0.15, 0.2) is 6.10 Å². The molecule has 4 aromatic rings. The SMILES string of the molecule is CC(C)(C)OC(C(=O)OCc1ccccc1)c1c(C(F)(F)F)ccc(-c2ccc(CN=O)cc2)c1-c1ccc2c(c1)CCCO2. The topological polar surface area (TPSA) is 74.2 Å². The minimum Gasteiger partial charge on any atom is -0.493 e. The van der Waals surface area contributed by atoms with E-state index in [1.165, 1.54) is 6.07 Å². The molecule has 1 atom stereocenters. The van der Waals surface area contributed by atoms with Gasteiger partial charge in [-0.1, -0.05) is 71.9 Å². The predicted octanol–water partition coefficient (Wildman–Crippen LogP) is 9.23. The van der Waals surface area contributed by atoms with Crippen molar-refractivity contribution in [1.82, 2.24) is 0 Å². The average Bonchev–Trinajstić information content (AvgIpc) is 3.02. The smallest absolute Gasteiger partial charge is 0.416 e. The fraction of sp³-hybridized carbons (Fsp3) is 0.306. The van der Waals surface area contributed by atoms with Crippen LogP contribution in [0.5, 0.6) is 5.75 Å². The van der Waals surface area contributed by atoms with Crippen LogP contribution in [0.3, 0.4) is 0 Å². The Hall–Kier alpha value is -4.50. The Morgan fingerprint density at radius 2 is 1.62 bits per heavy atom. The first-order valence-corrected chi connectivity index (χ1v) is 14.7. The van der Waals surface area contributed by atoms with Gasteiger partial charge in [0, 0.05) is 5.56 Å². The molecule has 1 aliphatic heterocycles. The van der Waals surface area contributed by atoms with Gasteiger partial charge in [-0.05, 0) is 90.8 Å². The average molecular weight is 618 g/mol. The van der Waals surface area contributed by atoms with Crippen LogP contribution in [-0.4, -0.2) is 18.2 Å². The van der Waals surface area contributed by atoms with Gasteiger partial charge in [-0.25, -0.2) is 4.79 Å². The molecule has 0 spiro atoms. The van der Waals surface area contributed by atoms with Gasteiger partial charge < -0.3 is 14.2 Å². The summed E-state index contributed by atoms with van der Waals surface area (Å²) in [6, 6.07) is 23.5. The first kappa shape index (κ1) is 31.9. The fourth-order valence-electron chi connectivity index (χ4n) is 5.45. The third kappa shape index (κ3) is 7.60. The molecule has 234 valence electrons. The van der Waals surface area contributed by atoms with Crippen LogP contribution >= 0.6 is 0 Å². The summed E-state index contributed by atoms with van der Waals surface area (Å²) in [6.07, 6.45) is -5.07. The molecule has 0 fully saturated rings. The summed E-state index contributed by atoms with van der Waals surface area (Å²) in [5.74, 6) is -0.262. The number of halogens is 3. The van der Waals surface area contributed by atoms with E-state index in [1.54, 1.807) is 81.4 Å². The lowest BCUT2D eigenvalue weighted by Crippen LogP contribution is -2.31. The summed E-state index contributed by atoms with van der Waals surface area (Å²) >= 11 is 0. The molecule has 5 rings (SSSR count). The lowest BCUT2D eigenvalue weighted by Gasteiger charge is -2.31. The molecule has 4 aromatic carbocycles. The molecule has 0 saturated carbocycles. The Labute approximate surface area is 260 Å². The second-order valence-electron chi connectivity index (χ2n) is 11.9. The first-order valence-electron chi connectivity index (χ1n) is 14.7. The highest BCUT2D eigenvalue weighted by molar-refractivity contribution is 5.91. The van der Waals surface area contributed by atoms with E-state index in [2.05, 4.69) is 5.18 Å². The molecule has 1 heterocycles. The van der Waals surface area contributed by atoms with E-state index in [0.29, 0.717) is 46.6 Å². The number of esters is 1. The monoisotopic (exact) mass is 617 g/mol. The normalized spacial score (nSPS) is 13.8. The van der Waals surface area contributed by atoms with Crippen molar-refractivity contribution < 1.29 is 32.2 Å². The van der Waals surface area contributed by atoms with Crippen molar-refractivity contribution in [2.24, 2.45) is 5.18 Å². The number of hydrogen-bond acceptors (Lipinski definition) is 6. The van der Waals surface area contributed by atoms with Gasteiger partial charge in [-0.3, -0.25) is 0 Å². The third-order valence-corrected chi connectivity index (χ3v) is 7.43. The van der Waals surface area contributed by atoms with Gasteiger partial charge in [0.2, 0.25) is 0 Å². The van der Waals surface area contributed by atoms with Crippen LogP contribution in [0.4, 0.5) is 13.2 Å². The molecule has 0 aromatic heterocycles. The van der Waals surface area contributed by atoms with Gasteiger partial charge >= 0.3 is 12.1 Å². The summed E-state index contributed by atoms with van der Waals surface area (Å²) in [7, 11) is 0. The minimum atomic E-state index is -4.82. The number of benzene rings is 4. The van der Waals surface area contributed by atoms with E-state index in [0.717, 1.165) is 18.1 Å². The standard InChI is InChI=1S/C36H34F3NO5/c1-35(2,3)45-33(34(41)44-22-24-8-5-4-6-9-24)32-29(36(37,38)39)17-16-28(25-13-11-23(12-14-25)21-40-42)31(32)27-15-18-30-26(20-27)10-7-19-43-30/h4-6,8-9,11-18,20,33H,7,10,19,21-22H2,1-3H3. The highest BCUT2D eigenvalue weighted by atomic mass is 19.4. The van der Waals surface area contributed by atoms with Crippen LogP contribution in [0.15, 0.2) is 90.1 Å². The van der Waals surface area contributed by atoms with Crippen molar-refractivity contribution in [2.75, 3.05) is 6.61 Å². The van der Waals surface area contributed by atoms with Crippen LogP contribution in [-0.2, 0) is 40.0 Å². The maximum absolute atomic E-state index is 14.9. The van der Waals surface area contributed by atoms with Crippen molar-refractivity contribution >= 4 is 5.97 Å². The van der Waals surface area contributed by atoms with Crippen molar-refractivity contribution in [3.05, 3.63) is 118 Å². The van der Waals surface area contributed by atoms with E-state index in [4.69, 9.17) is 14.2 Å². The second kappa shape index (κ2) is 13.2. The van der Waals surface area contributed by atoms with E-state index in [9.17, 15) is 22.9 Å². The Morgan fingerprint density at radius 3 is 2.29 bits per heavy atom. The van der Waals surface area contributed by atoms with Gasteiger partial charge in [-0.2, -0.15) is 18.1 Å². The molecular formula is C36H34F3NO5. The maximum Gasteiger partial charge on any atom is 0.416 e. The molecule has 0 amide bonds. The Kier molecular flexibility index (Phi) is 9.39. The highest BCUT2D eigenvalue weighted by Crippen LogP contribution is 2.47. The number of fused-ring (bicyclic) bond motifs is 1. The lowest BCUT2D eigenvalue weighted by molar-refractivity contribution is -0.170. The number of carbonyl (C=O) groups is 1. The number of alkyl halides is 3. The Bertz CT molecular complexity index is 1660. The van der Waals surface area contributed by atoms with Crippen LogP contribution in [0, 0.1) is 4.91 Å². The summed E-state index contributed by atoms with van der Waals surface area (Å²) in [5.41, 5.74) is 1.59. The van der Waals surface area contributed by atoms with Crippen molar-refractivity contribution in [2.45, 2.75) is 64.6 Å². The molecule has 0 radical (unpaired) electrons. The third-order valence-electron chi connectivity index (χ3n) is 7.43. The Balaban J connectivity index is 1.76. The first-order chi connectivity index (χ1) is 21.4. The largest absolute Gasteiger partial charge is 0.493 e. The predicted molar refractivity (Wildman–Crippen MR) is 165 cm³/mol. The van der Waals surface area contributed by atoms with Crippen LogP contribution < -0.4 is 4.74 Å². The maximum atomic E-state index is 14.9. The zero-order valence-electron chi connectivity index (χ0n) is 25.3. The van der Waals surface area contributed by atoms with Crippen LogP contribution in [0.25, 0.3) is 22.3 Å². The molecule has 0 saturated heterocycles. The quantitative estimate of drug-likeness (QED) is 0.138. The summed E-state index contributed by atoms with van der Waals surface area (Å²) in [6.45, 7) is 5.42. The number of carbonyl (C=O) groups excluding carboxylic acids is 1. The summed E-state index contributed by atoms with van der Waals surface area (Å²) < 4.78 is 62.4. The zero-order chi connectivity index (χ0) is 32.2. The fourth-order valence-corrected chi connectivity index (χ4v) is 5.45. The van der Waals surface area contributed by atoms with Crippen LogP contribution in [0.1, 0.15) is 61.1 Å². The molecule has 6 nitrogen and oxygen atoms in total. The molecule has 0 aliphatic carbocycles. The molecule has 1 aliphatic rings. The van der Waals surface area contributed by atoms with Crippen molar-refractivity contribution in [3.63, 3.8) is 0 Å². The minimum absolute atomic E-state index is 0.0367. The van der Waals surface area contributed by atoms with Gasteiger partial charge in [0.25, 0.3) is 0 Å². The number of ether oxygens (including phenoxy) is 3. The van der Waals surface area contributed by atoms with Crippen molar-refractivity contribution in [3.8, 4) is 28.0 Å². The highest BCUT2D eigenvalue weighted by Gasteiger charge is 2.42.